The number of amides is 1. The minimum atomic E-state index is -0.0310. The van der Waals surface area contributed by atoms with E-state index in [1.165, 1.54) is 27.7 Å². The number of nitrogens with zero attached hydrogens (tertiary/aromatic N) is 4. The molecule has 2 heterocycles. The molecular weight excluding hydrogens is 382 g/mol. The summed E-state index contributed by atoms with van der Waals surface area (Å²) in [4.78, 5) is 17.3. The van der Waals surface area contributed by atoms with E-state index in [9.17, 15) is 4.79 Å². The second-order valence-corrected chi connectivity index (χ2v) is 8.40. The second kappa shape index (κ2) is 9.33. The smallest absolute Gasteiger partial charge is 0.239 e. The zero-order chi connectivity index (χ0) is 20.1. The van der Waals surface area contributed by atoms with Crippen LogP contribution in [0.5, 0.6) is 0 Å². The molecule has 1 fully saturated rings. The molecule has 0 aliphatic carbocycles. The van der Waals surface area contributed by atoms with E-state index in [0.29, 0.717) is 0 Å². The van der Waals surface area contributed by atoms with Gasteiger partial charge in [-0.3, -0.25) is 9.69 Å². The van der Waals surface area contributed by atoms with Crippen LogP contribution in [-0.2, 0) is 11.2 Å². The Bertz CT molecular complexity index is 945. The maximum Gasteiger partial charge on any atom is 0.239 e. The summed E-state index contributed by atoms with van der Waals surface area (Å²) in [5, 5.41) is 14.4. The van der Waals surface area contributed by atoms with Crippen molar-refractivity contribution in [2.45, 2.75) is 25.3 Å². The van der Waals surface area contributed by atoms with Gasteiger partial charge >= 0.3 is 0 Å². The van der Waals surface area contributed by atoms with E-state index >= 15 is 0 Å². The molecule has 1 aromatic heterocycles. The largest absolute Gasteiger partial charge is 0.360 e. The Morgan fingerprint density at radius 2 is 2.03 bits per heavy atom. The molecule has 2 aromatic carbocycles. The van der Waals surface area contributed by atoms with Crippen molar-refractivity contribution in [3.63, 3.8) is 0 Å². The number of piperazine rings is 1. The molecule has 1 amide bonds. The van der Waals surface area contributed by atoms with Gasteiger partial charge in [0.25, 0.3) is 0 Å². The van der Waals surface area contributed by atoms with Crippen LogP contribution >= 0.6 is 11.3 Å². The average molecular weight is 410 g/mol. The van der Waals surface area contributed by atoms with Crippen LogP contribution in [0.15, 0.2) is 48.0 Å². The highest BCUT2D eigenvalue weighted by Crippen LogP contribution is 2.18. The first-order valence-electron chi connectivity index (χ1n) is 10.2. The number of fused-ring (bicyclic) bond motifs is 1. The van der Waals surface area contributed by atoms with Gasteiger partial charge in [-0.1, -0.05) is 53.8 Å². The zero-order valence-corrected chi connectivity index (χ0v) is 17.6. The molecule has 0 radical (unpaired) electrons. The molecule has 29 heavy (non-hydrogen) atoms. The molecule has 4 rings (SSSR count). The number of aromatic nitrogens is 2. The third-order valence-corrected chi connectivity index (χ3v) is 6.28. The predicted octanol–water partition coefficient (Wildman–Crippen LogP) is 3.27. The van der Waals surface area contributed by atoms with Gasteiger partial charge in [0.05, 0.1) is 6.04 Å². The number of benzene rings is 2. The lowest BCUT2D eigenvalue weighted by atomic mass is 10.0. The quantitative estimate of drug-likeness (QED) is 0.579. The third-order valence-electron chi connectivity index (χ3n) is 5.63. The van der Waals surface area contributed by atoms with E-state index in [-0.39, 0.29) is 11.9 Å². The Morgan fingerprint density at radius 3 is 2.86 bits per heavy atom. The number of carbonyl (C=O) groups is 1. The summed E-state index contributed by atoms with van der Waals surface area (Å²) in [6.07, 6.45) is 2.68. The van der Waals surface area contributed by atoms with Crippen LogP contribution in [0.1, 0.15) is 18.4 Å². The Hall–Kier alpha value is -2.51. The lowest BCUT2D eigenvalue weighted by Gasteiger charge is -2.39. The van der Waals surface area contributed by atoms with Crippen molar-refractivity contribution >= 4 is 33.1 Å². The topological polar surface area (TPSA) is 61.4 Å². The standard InChI is InChI=1S/C22H27N5OS/c1-26-13-14-27(12-10-17-8-9-18-5-2-3-6-19(18)15-17)21(28)20(26)7-4-11-23-22-25-24-16-29-22/h2-3,5-6,8-9,15-16,20H,4,7,10-14H2,1H3,(H,23,25)/t20-/m0/s1. The van der Waals surface area contributed by atoms with Gasteiger partial charge in [-0.15, -0.1) is 10.2 Å². The lowest BCUT2D eigenvalue weighted by Crippen LogP contribution is -2.55. The van der Waals surface area contributed by atoms with Crippen molar-refractivity contribution in [1.82, 2.24) is 20.0 Å². The summed E-state index contributed by atoms with van der Waals surface area (Å²) in [5.74, 6) is 0.260. The molecule has 7 heteroatoms. The first kappa shape index (κ1) is 19.8. The lowest BCUT2D eigenvalue weighted by molar-refractivity contribution is -0.141. The first-order valence-corrected chi connectivity index (χ1v) is 11.1. The van der Waals surface area contributed by atoms with Crippen LogP contribution in [0.2, 0.25) is 0 Å². The summed E-state index contributed by atoms with van der Waals surface area (Å²) >= 11 is 1.50. The number of likely N-dealkylation sites (N-methyl/N-ethyl adjacent to an activating group) is 1. The zero-order valence-electron chi connectivity index (χ0n) is 16.8. The van der Waals surface area contributed by atoms with Crippen molar-refractivity contribution in [1.29, 1.82) is 0 Å². The number of hydrogen-bond acceptors (Lipinski definition) is 6. The van der Waals surface area contributed by atoms with Crippen molar-refractivity contribution in [3.05, 3.63) is 53.5 Å². The summed E-state index contributed by atoms with van der Waals surface area (Å²) in [6, 6.07) is 15.0. The average Bonchev–Trinajstić information content (AvgIpc) is 3.26. The van der Waals surface area contributed by atoms with Gasteiger partial charge in [-0.2, -0.15) is 0 Å². The van der Waals surface area contributed by atoms with Gasteiger partial charge in [0.1, 0.15) is 5.51 Å². The molecule has 152 valence electrons. The summed E-state index contributed by atoms with van der Waals surface area (Å²) in [7, 11) is 2.06. The normalized spacial score (nSPS) is 17.8. The van der Waals surface area contributed by atoms with Crippen LogP contribution in [-0.4, -0.2) is 65.2 Å². The Labute approximate surface area is 175 Å². The Balaban J connectivity index is 1.29. The SMILES string of the molecule is CN1CCN(CCc2ccc3ccccc3c2)C(=O)[C@@H]1CCCNc1nncs1. The van der Waals surface area contributed by atoms with Gasteiger partial charge in [0, 0.05) is 26.2 Å². The molecular formula is C22H27N5OS. The number of rotatable bonds is 8. The minimum Gasteiger partial charge on any atom is -0.360 e. The maximum atomic E-state index is 13.0. The number of hydrogen-bond donors (Lipinski definition) is 1. The predicted molar refractivity (Wildman–Crippen MR) is 118 cm³/mol. The summed E-state index contributed by atoms with van der Waals surface area (Å²) in [6.45, 7) is 3.33. The summed E-state index contributed by atoms with van der Waals surface area (Å²) < 4.78 is 0. The molecule has 1 aliphatic heterocycles. The van der Waals surface area contributed by atoms with Gasteiger partial charge in [0.15, 0.2) is 0 Å². The molecule has 0 bridgehead atoms. The van der Waals surface area contributed by atoms with E-state index in [1.807, 2.05) is 4.90 Å². The first-order chi connectivity index (χ1) is 14.2. The van der Waals surface area contributed by atoms with E-state index in [2.05, 4.69) is 69.9 Å². The number of anilines is 1. The highest BCUT2D eigenvalue weighted by atomic mass is 32.1. The second-order valence-electron chi connectivity index (χ2n) is 7.57. The van der Waals surface area contributed by atoms with Crippen molar-refractivity contribution in [3.8, 4) is 0 Å². The molecule has 1 atom stereocenters. The molecule has 0 unspecified atom stereocenters. The molecule has 1 saturated heterocycles. The molecule has 0 saturated carbocycles. The van der Waals surface area contributed by atoms with Crippen molar-refractivity contribution < 1.29 is 4.79 Å². The van der Waals surface area contributed by atoms with E-state index in [0.717, 1.165) is 50.6 Å². The van der Waals surface area contributed by atoms with Gasteiger partial charge in [0.2, 0.25) is 11.0 Å². The maximum absolute atomic E-state index is 13.0. The van der Waals surface area contributed by atoms with Gasteiger partial charge in [-0.05, 0) is 42.6 Å². The van der Waals surface area contributed by atoms with Crippen molar-refractivity contribution in [2.75, 3.05) is 38.5 Å². The monoisotopic (exact) mass is 409 g/mol. The Morgan fingerprint density at radius 1 is 1.17 bits per heavy atom. The fourth-order valence-corrected chi connectivity index (χ4v) is 4.38. The van der Waals surface area contributed by atoms with Crippen LogP contribution in [0.25, 0.3) is 10.8 Å². The van der Waals surface area contributed by atoms with Crippen LogP contribution < -0.4 is 5.32 Å². The third kappa shape index (κ3) is 4.92. The van der Waals surface area contributed by atoms with Crippen LogP contribution in [0.4, 0.5) is 5.13 Å². The molecule has 1 N–H and O–H groups in total. The van der Waals surface area contributed by atoms with E-state index in [4.69, 9.17) is 0 Å². The highest BCUT2D eigenvalue weighted by Gasteiger charge is 2.31. The van der Waals surface area contributed by atoms with Gasteiger partial charge < -0.3 is 10.2 Å². The number of nitrogens with one attached hydrogen (secondary N) is 1. The van der Waals surface area contributed by atoms with Crippen LogP contribution in [0, 0.1) is 0 Å². The minimum absolute atomic E-state index is 0.0310. The fraction of sp³-hybridized carbons (Fsp3) is 0.409. The molecule has 6 nitrogen and oxygen atoms in total. The van der Waals surface area contributed by atoms with Crippen LogP contribution in [0.3, 0.4) is 0 Å². The molecule has 3 aromatic rings. The summed E-state index contributed by atoms with van der Waals surface area (Å²) in [5.41, 5.74) is 3.00. The highest BCUT2D eigenvalue weighted by molar-refractivity contribution is 7.13. The Kier molecular flexibility index (Phi) is 6.36. The molecule has 0 spiro atoms. The van der Waals surface area contributed by atoms with Gasteiger partial charge in [-0.25, -0.2) is 0 Å². The van der Waals surface area contributed by atoms with Crippen molar-refractivity contribution in [2.24, 2.45) is 0 Å². The van der Waals surface area contributed by atoms with E-state index in [1.54, 1.807) is 5.51 Å². The van der Waals surface area contributed by atoms with E-state index < -0.39 is 0 Å². The fourth-order valence-electron chi connectivity index (χ4n) is 3.91. The number of carbonyl (C=O) groups excluding carboxylic acids is 1. The molecule has 1 aliphatic rings.